The molecule has 168 valence electrons. The molecule has 31 heavy (non-hydrogen) atoms. The lowest BCUT2D eigenvalue weighted by Gasteiger charge is -2.31. The van der Waals surface area contributed by atoms with E-state index in [9.17, 15) is 13.2 Å². The van der Waals surface area contributed by atoms with Crippen LogP contribution in [0.3, 0.4) is 0 Å². The van der Waals surface area contributed by atoms with Crippen molar-refractivity contribution < 1.29 is 22.7 Å². The molecule has 0 spiro atoms. The molecule has 1 heterocycles. The first-order valence-electron chi connectivity index (χ1n) is 10.1. The summed E-state index contributed by atoms with van der Waals surface area (Å²) in [5.74, 6) is 0.825. The van der Waals surface area contributed by atoms with Crippen LogP contribution in [0.2, 0.25) is 0 Å². The Labute approximate surface area is 183 Å². The number of nitrogens with one attached hydrogen (secondary N) is 1. The van der Waals surface area contributed by atoms with Gasteiger partial charge in [0.2, 0.25) is 10.0 Å². The average molecular weight is 448 g/mol. The molecule has 2 aromatic carbocycles. The minimum absolute atomic E-state index is 0.128. The van der Waals surface area contributed by atoms with Crippen molar-refractivity contribution >= 4 is 15.9 Å². The van der Waals surface area contributed by atoms with Crippen LogP contribution in [0, 0.1) is 0 Å². The lowest BCUT2D eigenvalue weighted by molar-refractivity contribution is 0.0939. The molecule has 0 bridgehead atoms. The highest BCUT2D eigenvalue weighted by molar-refractivity contribution is 7.89. The van der Waals surface area contributed by atoms with Crippen LogP contribution in [0.5, 0.6) is 11.5 Å². The second-order valence-corrected chi connectivity index (χ2v) is 9.48. The van der Waals surface area contributed by atoms with Crippen molar-refractivity contribution in [2.24, 2.45) is 0 Å². The molecule has 8 nitrogen and oxygen atoms in total. The number of piperazine rings is 1. The Kier molecular flexibility index (Phi) is 7.19. The van der Waals surface area contributed by atoms with Crippen LogP contribution in [0.15, 0.2) is 47.4 Å². The fraction of sp³-hybridized carbons (Fsp3) is 0.409. The predicted molar refractivity (Wildman–Crippen MR) is 118 cm³/mol. The number of methoxy groups -OCH3 is 2. The van der Waals surface area contributed by atoms with E-state index >= 15 is 0 Å². The van der Waals surface area contributed by atoms with Gasteiger partial charge in [-0.1, -0.05) is 12.1 Å². The number of ether oxygens (including phenoxy) is 2. The van der Waals surface area contributed by atoms with E-state index in [1.54, 1.807) is 38.5 Å². The van der Waals surface area contributed by atoms with E-state index in [1.165, 1.54) is 16.4 Å². The van der Waals surface area contributed by atoms with Gasteiger partial charge in [-0.05, 0) is 49.9 Å². The number of carbonyl (C=O) groups excluding carboxylic acids is 1. The molecular weight excluding hydrogens is 418 g/mol. The number of hydrogen-bond donors (Lipinski definition) is 1. The zero-order valence-electron chi connectivity index (χ0n) is 18.3. The third-order valence-electron chi connectivity index (χ3n) is 5.45. The Hall–Kier alpha value is -2.62. The topological polar surface area (TPSA) is 88.2 Å². The zero-order valence-corrected chi connectivity index (χ0v) is 19.1. The SMILES string of the molecule is COc1ccc(C(C)NC(=O)c2cccc(S(=O)(=O)N3CCN(C)CC3)c2)cc1OC. The first-order chi connectivity index (χ1) is 14.8. The molecule has 1 atom stereocenters. The smallest absolute Gasteiger partial charge is 0.251 e. The second kappa shape index (κ2) is 9.67. The number of amides is 1. The minimum Gasteiger partial charge on any atom is -0.493 e. The van der Waals surface area contributed by atoms with Crippen LogP contribution in [-0.2, 0) is 10.0 Å². The molecule has 1 fully saturated rings. The number of nitrogens with zero attached hydrogens (tertiary/aromatic N) is 2. The van der Waals surface area contributed by atoms with Crippen molar-refractivity contribution in [3.8, 4) is 11.5 Å². The van der Waals surface area contributed by atoms with Gasteiger partial charge in [0.05, 0.1) is 25.2 Å². The van der Waals surface area contributed by atoms with Gasteiger partial charge in [0.15, 0.2) is 11.5 Å². The normalized spacial score (nSPS) is 16.5. The van der Waals surface area contributed by atoms with E-state index in [0.29, 0.717) is 43.2 Å². The molecule has 0 aromatic heterocycles. The van der Waals surface area contributed by atoms with Crippen LogP contribution in [0.1, 0.15) is 28.9 Å². The molecular formula is C22H29N3O5S. The van der Waals surface area contributed by atoms with Crippen LogP contribution in [0.4, 0.5) is 0 Å². The lowest BCUT2D eigenvalue weighted by atomic mass is 10.1. The first kappa shape index (κ1) is 23.1. The third kappa shape index (κ3) is 5.17. The fourth-order valence-corrected chi connectivity index (χ4v) is 4.93. The zero-order chi connectivity index (χ0) is 22.6. The Morgan fingerprint density at radius 3 is 2.32 bits per heavy atom. The lowest BCUT2D eigenvalue weighted by Crippen LogP contribution is -2.47. The molecule has 2 aromatic rings. The van der Waals surface area contributed by atoms with E-state index in [0.717, 1.165) is 5.56 Å². The summed E-state index contributed by atoms with van der Waals surface area (Å²) < 4.78 is 38.0. The van der Waals surface area contributed by atoms with Gasteiger partial charge >= 0.3 is 0 Å². The summed E-state index contributed by atoms with van der Waals surface area (Å²) in [5, 5.41) is 2.91. The molecule has 1 amide bonds. The monoisotopic (exact) mass is 447 g/mol. The summed E-state index contributed by atoms with van der Waals surface area (Å²) in [6.07, 6.45) is 0. The molecule has 1 N–H and O–H groups in total. The summed E-state index contributed by atoms with van der Waals surface area (Å²) in [5.41, 5.74) is 1.13. The Morgan fingerprint density at radius 2 is 1.68 bits per heavy atom. The van der Waals surface area contributed by atoms with Crippen molar-refractivity contribution in [2.45, 2.75) is 17.9 Å². The van der Waals surface area contributed by atoms with Gasteiger partial charge in [0.1, 0.15) is 0 Å². The summed E-state index contributed by atoms with van der Waals surface area (Å²) in [7, 11) is 1.44. The van der Waals surface area contributed by atoms with Crippen molar-refractivity contribution in [3.63, 3.8) is 0 Å². The molecule has 1 saturated heterocycles. The van der Waals surface area contributed by atoms with Crippen LogP contribution in [0.25, 0.3) is 0 Å². The maximum absolute atomic E-state index is 13.0. The van der Waals surface area contributed by atoms with Crippen LogP contribution < -0.4 is 14.8 Å². The van der Waals surface area contributed by atoms with Gasteiger partial charge < -0.3 is 19.7 Å². The minimum atomic E-state index is -3.64. The van der Waals surface area contributed by atoms with Gasteiger partial charge in [0.25, 0.3) is 5.91 Å². The highest BCUT2D eigenvalue weighted by atomic mass is 32.2. The van der Waals surface area contributed by atoms with Crippen molar-refractivity contribution in [1.29, 1.82) is 0 Å². The van der Waals surface area contributed by atoms with E-state index in [1.807, 2.05) is 20.0 Å². The number of carbonyl (C=O) groups is 1. The van der Waals surface area contributed by atoms with Gasteiger partial charge in [-0.15, -0.1) is 0 Å². The molecule has 1 aliphatic heterocycles. The number of likely N-dealkylation sites (N-methyl/N-ethyl adjacent to an activating group) is 1. The molecule has 3 rings (SSSR count). The van der Waals surface area contributed by atoms with Gasteiger partial charge in [-0.3, -0.25) is 4.79 Å². The number of hydrogen-bond acceptors (Lipinski definition) is 6. The summed E-state index contributed by atoms with van der Waals surface area (Å²) in [6.45, 7) is 4.09. The van der Waals surface area contributed by atoms with Gasteiger partial charge in [0, 0.05) is 31.7 Å². The first-order valence-corrected chi connectivity index (χ1v) is 11.5. The molecule has 9 heteroatoms. The predicted octanol–water partition coefficient (Wildman–Crippen LogP) is 2.13. The quantitative estimate of drug-likeness (QED) is 0.700. The Balaban J connectivity index is 1.76. The van der Waals surface area contributed by atoms with E-state index in [4.69, 9.17) is 9.47 Å². The third-order valence-corrected chi connectivity index (χ3v) is 7.35. The number of rotatable bonds is 7. The molecule has 0 radical (unpaired) electrons. The number of sulfonamides is 1. The molecule has 0 aliphatic carbocycles. The maximum atomic E-state index is 13.0. The van der Waals surface area contributed by atoms with Crippen LogP contribution >= 0.6 is 0 Å². The highest BCUT2D eigenvalue weighted by Gasteiger charge is 2.28. The summed E-state index contributed by atoms with van der Waals surface area (Å²) in [6, 6.07) is 11.3. The van der Waals surface area contributed by atoms with Gasteiger partial charge in [-0.2, -0.15) is 4.31 Å². The Bertz CT molecular complexity index is 1030. The number of benzene rings is 2. The summed E-state index contributed by atoms with van der Waals surface area (Å²) >= 11 is 0. The fourth-order valence-electron chi connectivity index (χ4n) is 3.46. The van der Waals surface area contributed by atoms with Crippen molar-refractivity contribution in [2.75, 3.05) is 47.4 Å². The van der Waals surface area contributed by atoms with E-state index < -0.39 is 10.0 Å². The maximum Gasteiger partial charge on any atom is 0.251 e. The highest BCUT2D eigenvalue weighted by Crippen LogP contribution is 2.30. The van der Waals surface area contributed by atoms with Crippen LogP contribution in [-0.4, -0.2) is 71.0 Å². The largest absolute Gasteiger partial charge is 0.493 e. The molecule has 1 aliphatic rings. The van der Waals surface area contributed by atoms with E-state index in [2.05, 4.69) is 10.2 Å². The van der Waals surface area contributed by atoms with Crippen molar-refractivity contribution in [3.05, 3.63) is 53.6 Å². The summed E-state index contributed by atoms with van der Waals surface area (Å²) in [4.78, 5) is 15.0. The van der Waals surface area contributed by atoms with E-state index in [-0.39, 0.29) is 16.8 Å². The second-order valence-electron chi connectivity index (χ2n) is 7.54. The average Bonchev–Trinajstić information content (AvgIpc) is 2.78. The molecule has 1 unspecified atom stereocenters. The molecule has 0 saturated carbocycles. The van der Waals surface area contributed by atoms with Crippen molar-refractivity contribution in [1.82, 2.24) is 14.5 Å². The standard InChI is InChI=1S/C22H29N3O5S/c1-16(17-8-9-20(29-3)21(15-17)30-4)23-22(26)18-6-5-7-19(14-18)31(27,28)25-12-10-24(2)11-13-25/h5-9,14-16H,10-13H2,1-4H3,(H,23,26). The Morgan fingerprint density at radius 1 is 1.00 bits per heavy atom. The van der Waals surface area contributed by atoms with Gasteiger partial charge in [-0.25, -0.2) is 8.42 Å².